The molecule has 0 aliphatic carbocycles. The molecule has 0 aromatic heterocycles. The molecule has 2 unspecified atom stereocenters. The maximum Gasteiger partial charge on any atom is 0.305 e. The fourth-order valence-corrected chi connectivity index (χ4v) is 4.03. The first-order valence-corrected chi connectivity index (χ1v) is 12.4. The summed E-state index contributed by atoms with van der Waals surface area (Å²) in [7, 11) is 0. The highest BCUT2D eigenvalue weighted by atomic mass is 16.5. The molecule has 1 rings (SSSR count). The van der Waals surface area contributed by atoms with E-state index >= 15 is 0 Å². The number of nitrogens with zero attached hydrogens (tertiary/aromatic N) is 1. The van der Waals surface area contributed by atoms with Crippen LogP contribution in [0.3, 0.4) is 0 Å². The SMILES string of the molecule is CCCCCC(O)CCC(O)CCCCCCCCC(=O)OCCN1CCCC1. The van der Waals surface area contributed by atoms with Crippen LogP contribution in [0.5, 0.6) is 0 Å². The van der Waals surface area contributed by atoms with Crippen molar-refractivity contribution in [3.05, 3.63) is 0 Å². The standard InChI is InChI=1S/C24H47NO4/c1-2-3-8-13-22(26)16-17-23(27)14-9-6-4-5-7-10-15-24(28)29-21-20-25-18-11-12-19-25/h22-23,26-27H,2-21H2,1H3. The van der Waals surface area contributed by atoms with Gasteiger partial charge in [0.2, 0.25) is 0 Å². The minimum atomic E-state index is -0.272. The van der Waals surface area contributed by atoms with E-state index in [1.165, 1.54) is 25.7 Å². The zero-order valence-electron chi connectivity index (χ0n) is 19.0. The Morgan fingerprint density at radius 3 is 2.00 bits per heavy atom. The average Bonchev–Trinajstić information content (AvgIpc) is 3.22. The zero-order chi connectivity index (χ0) is 21.2. The van der Waals surface area contributed by atoms with Gasteiger partial charge in [-0.05, 0) is 58.0 Å². The van der Waals surface area contributed by atoms with Crippen molar-refractivity contribution in [1.29, 1.82) is 0 Å². The van der Waals surface area contributed by atoms with E-state index in [2.05, 4.69) is 11.8 Å². The topological polar surface area (TPSA) is 70.0 Å². The van der Waals surface area contributed by atoms with E-state index in [-0.39, 0.29) is 18.2 Å². The summed E-state index contributed by atoms with van der Waals surface area (Å²) in [4.78, 5) is 14.1. The number of carbonyl (C=O) groups excluding carboxylic acids is 1. The third-order valence-electron chi connectivity index (χ3n) is 6.01. The highest BCUT2D eigenvalue weighted by molar-refractivity contribution is 5.69. The van der Waals surface area contributed by atoms with Gasteiger partial charge in [-0.2, -0.15) is 0 Å². The Balaban J connectivity index is 1.82. The van der Waals surface area contributed by atoms with Crippen molar-refractivity contribution < 1.29 is 19.7 Å². The van der Waals surface area contributed by atoms with Gasteiger partial charge in [-0.1, -0.05) is 58.3 Å². The lowest BCUT2D eigenvalue weighted by Crippen LogP contribution is -2.25. The summed E-state index contributed by atoms with van der Waals surface area (Å²) >= 11 is 0. The molecule has 1 aliphatic rings. The maximum atomic E-state index is 11.7. The van der Waals surface area contributed by atoms with E-state index in [1.807, 2.05) is 0 Å². The van der Waals surface area contributed by atoms with Gasteiger partial charge >= 0.3 is 5.97 Å². The molecule has 2 atom stereocenters. The Bertz CT molecular complexity index is 385. The first kappa shape index (κ1) is 26.4. The summed E-state index contributed by atoms with van der Waals surface area (Å²) in [5, 5.41) is 20.0. The molecule has 172 valence electrons. The van der Waals surface area contributed by atoms with Crippen molar-refractivity contribution in [2.75, 3.05) is 26.2 Å². The lowest BCUT2D eigenvalue weighted by Gasteiger charge is -2.14. The minimum Gasteiger partial charge on any atom is -0.464 e. The number of hydrogen-bond acceptors (Lipinski definition) is 5. The monoisotopic (exact) mass is 413 g/mol. The van der Waals surface area contributed by atoms with Gasteiger partial charge in [-0.15, -0.1) is 0 Å². The maximum absolute atomic E-state index is 11.7. The van der Waals surface area contributed by atoms with Gasteiger partial charge in [0.15, 0.2) is 0 Å². The minimum absolute atomic E-state index is 0.0517. The lowest BCUT2D eigenvalue weighted by molar-refractivity contribution is -0.144. The van der Waals surface area contributed by atoms with Crippen LogP contribution in [0.2, 0.25) is 0 Å². The second-order valence-corrected chi connectivity index (χ2v) is 8.81. The molecular formula is C24H47NO4. The Labute approximate surface area is 179 Å². The van der Waals surface area contributed by atoms with Crippen molar-refractivity contribution in [2.24, 2.45) is 0 Å². The molecular weight excluding hydrogens is 366 g/mol. The summed E-state index contributed by atoms with van der Waals surface area (Å²) in [6, 6.07) is 0. The predicted octanol–water partition coefficient (Wildman–Crippen LogP) is 4.83. The summed E-state index contributed by atoms with van der Waals surface area (Å²) in [6.45, 7) is 5.89. The number of esters is 1. The van der Waals surface area contributed by atoms with Crippen LogP contribution in [-0.4, -0.2) is 59.5 Å². The molecule has 5 nitrogen and oxygen atoms in total. The molecule has 5 heteroatoms. The molecule has 0 amide bonds. The van der Waals surface area contributed by atoms with Crippen LogP contribution in [-0.2, 0) is 9.53 Å². The van der Waals surface area contributed by atoms with E-state index in [1.54, 1.807) is 0 Å². The van der Waals surface area contributed by atoms with E-state index in [4.69, 9.17) is 4.74 Å². The van der Waals surface area contributed by atoms with Gasteiger partial charge in [0.25, 0.3) is 0 Å². The van der Waals surface area contributed by atoms with Crippen LogP contribution in [0.15, 0.2) is 0 Å². The van der Waals surface area contributed by atoms with E-state index in [0.29, 0.717) is 19.4 Å². The highest BCUT2D eigenvalue weighted by Gasteiger charge is 2.12. The van der Waals surface area contributed by atoms with Crippen molar-refractivity contribution in [2.45, 2.75) is 122 Å². The molecule has 0 bridgehead atoms. The molecule has 0 aromatic carbocycles. The predicted molar refractivity (Wildman–Crippen MR) is 119 cm³/mol. The molecule has 2 N–H and O–H groups in total. The normalized spacial score (nSPS) is 16.8. The summed E-state index contributed by atoms with van der Waals surface area (Å²) in [5.74, 6) is -0.0517. The number of carbonyl (C=O) groups is 1. The van der Waals surface area contributed by atoms with Crippen LogP contribution in [0.1, 0.15) is 110 Å². The van der Waals surface area contributed by atoms with E-state index < -0.39 is 0 Å². The summed E-state index contributed by atoms with van der Waals surface area (Å²) < 4.78 is 5.32. The number of likely N-dealkylation sites (tertiary alicyclic amines) is 1. The number of ether oxygens (including phenoxy) is 1. The highest BCUT2D eigenvalue weighted by Crippen LogP contribution is 2.15. The van der Waals surface area contributed by atoms with Crippen molar-refractivity contribution in [3.63, 3.8) is 0 Å². The Hall–Kier alpha value is -0.650. The van der Waals surface area contributed by atoms with Gasteiger partial charge in [-0.3, -0.25) is 9.69 Å². The van der Waals surface area contributed by atoms with Gasteiger partial charge in [-0.25, -0.2) is 0 Å². The van der Waals surface area contributed by atoms with Gasteiger partial charge < -0.3 is 14.9 Å². The van der Waals surface area contributed by atoms with Crippen molar-refractivity contribution in [3.8, 4) is 0 Å². The molecule has 1 aliphatic heterocycles. The number of aliphatic hydroxyl groups is 2. The quantitative estimate of drug-likeness (QED) is 0.234. The van der Waals surface area contributed by atoms with Gasteiger partial charge in [0.05, 0.1) is 12.2 Å². The largest absolute Gasteiger partial charge is 0.464 e. The molecule has 0 aromatic rings. The lowest BCUT2D eigenvalue weighted by atomic mass is 10.0. The molecule has 1 fully saturated rings. The summed E-state index contributed by atoms with van der Waals surface area (Å²) in [5.41, 5.74) is 0. The third kappa shape index (κ3) is 15.8. The molecule has 1 heterocycles. The fourth-order valence-electron chi connectivity index (χ4n) is 4.03. The fraction of sp³-hybridized carbons (Fsp3) is 0.958. The summed E-state index contributed by atoms with van der Waals surface area (Å²) in [6.07, 6.45) is 15.6. The van der Waals surface area contributed by atoms with E-state index in [9.17, 15) is 15.0 Å². The smallest absolute Gasteiger partial charge is 0.305 e. The molecule has 29 heavy (non-hydrogen) atoms. The van der Waals surface area contributed by atoms with Crippen molar-refractivity contribution >= 4 is 5.97 Å². The number of rotatable bonds is 19. The third-order valence-corrected chi connectivity index (χ3v) is 6.01. The number of unbranched alkanes of at least 4 members (excludes halogenated alkanes) is 7. The zero-order valence-corrected chi connectivity index (χ0v) is 19.0. The van der Waals surface area contributed by atoms with Crippen LogP contribution >= 0.6 is 0 Å². The molecule has 0 spiro atoms. The van der Waals surface area contributed by atoms with Crippen LogP contribution < -0.4 is 0 Å². The first-order chi connectivity index (χ1) is 14.1. The van der Waals surface area contributed by atoms with Gasteiger partial charge in [0.1, 0.15) is 6.61 Å². The van der Waals surface area contributed by atoms with Crippen LogP contribution in [0.25, 0.3) is 0 Å². The second kappa shape index (κ2) is 18.1. The molecule has 0 radical (unpaired) electrons. The second-order valence-electron chi connectivity index (χ2n) is 8.81. The average molecular weight is 414 g/mol. The Morgan fingerprint density at radius 1 is 0.828 bits per heavy atom. The molecule has 1 saturated heterocycles. The van der Waals surface area contributed by atoms with Crippen LogP contribution in [0, 0.1) is 0 Å². The Morgan fingerprint density at radius 2 is 1.38 bits per heavy atom. The molecule has 0 saturated carbocycles. The van der Waals surface area contributed by atoms with Crippen molar-refractivity contribution in [1.82, 2.24) is 4.90 Å². The Kier molecular flexibility index (Phi) is 16.5. The van der Waals surface area contributed by atoms with Crippen LogP contribution in [0.4, 0.5) is 0 Å². The van der Waals surface area contributed by atoms with E-state index in [0.717, 1.165) is 83.8 Å². The first-order valence-electron chi connectivity index (χ1n) is 12.4. The number of hydrogen-bond donors (Lipinski definition) is 2. The number of aliphatic hydroxyl groups excluding tert-OH is 2. The van der Waals surface area contributed by atoms with Gasteiger partial charge in [0, 0.05) is 13.0 Å².